The highest BCUT2D eigenvalue weighted by atomic mass is 16.6. The standard InChI is InChI=1S/C22H22O7/c1-5-27-20(23)12-28-17-9-8-16-21(24)19(29-22(16)13(17)2)10-14-6-7-15(25-3)11-18(14)26-4/h6-11H,5,12H2,1-4H3/b19-10-. The Balaban J connectivity index is 1.86. The van der Waals surface area contributed by atoms with Gasteiger partial charge >= 0.3 is 5.97 Å². The summed E-state index contributed by atoms with van der Waals surface area (Å²) in [5.74, 6) is 1.54. The van der Waals surface area contributed by atoms with Crippen LogP contribution in [0.1, 0.15) is 28.4 Å². The maximum Gasteiger partial charge on any atom is 0.344 e. The predicted molar refractivity (Wildman–Crippen MR) is 106 cm³/mol. The van der Waals surface area contributed by atoms with E-state index in [1.165, 1.54) is 0 Å². The molecule has 0 amide bonds. The zero-order valence-electron chi connectivity index (χ0n) is 16.7. The highest BCUT2D eigenvalue weighted by Gasteiger charge is 2.30. The number of allylic oxidation sites excluding steroid dienone is 1. The molecule has 2 aromatic carbocycles. The Morgan fingerprint density at radius 1 is 1.10 bits per heavy atom. The molecular formula is C22H22O7. The number of ketones is 1. The number of hydrogen-bond acceptors (Lipinski definition) is 7. The maximum atomic E-state index is 12.8. The van der Waals surface area contributed by atoms with Crippen LogP contribution < -0.4 is 18.9 Å². The molecule has 0 aliphatic carbocycles. The molecule has 0 fully saturated rings. The van der Waals surface area contributed by atoms with Crippen molar-refractivity contribution in [3.63, 3.8) is 0 Å². The van der Waals surface area contributed by atoms with Gasteiger partial charge < -0.3 is 23.7 Å². The molecule has 0 saturated carbocycles. The van der Waals surface area contributed by atoms with Gasteiger partial charge in [0.15, 0.2) is 12.4 Å². The molecule has 0 aromatic heterocycles. The number of Topliss-reactive ketones (excluding diaryl/α,β-unsaturated/α-hetero) is 1. The summed E-state index contributed by atoms with van der Waals surface area (Å²) >= 11 is 0. The average Bonchev–Trinajstić information content (AvgIpc) is 3.04. The molecule has 7 heteroatoms. The third-order valence-electron chi connectivity index (χ3n) is 4.41. The van der Waals surface area contributed by atoms with Gasteiger partial charge in [0.1, 0.15) is 23.0 Å². The molecule has 0 spiro atoms. The summed E-state index contributed by atoms with van der Waals surface area (Å²) in [6, 6.07) is 8.55. The highest BCUT2D eigenvalue weighted by molar-refractivity contribution is 6.15. The second-order valence-electron chi connectivity index (χ2n) is 6.21. The van der Waals surface area contributed by atoms with E-state index in [9.17, 15) is 9.59 Å². The summed E-state index contributed by atoms with van der Waals surface area (Å²) in [5, 5.41) is 0. The lowest BCUT2D eigenvalue weighted by Gasteiger charge is -2.11. The first-order chi connectivity index (χ1) is 14.0. The third-order valence-corrected chi connectivity index (χ3v) is 4.41. The second kappa shape index (κ2) is 8.68. The minimum Gasteiger partial charge on any atom is -0.497 e. The fourth-order valence-corrected chi connectivity index (χ4v) is 2.94. The van der Waals surface area contributed by atoms with Crippen molar-refractivity contribution < 1.29 is 33.3 Å². The summed E-state index contributed by atoms with van der Waals surface area (Å²) in [7, 11) is 3.11. The van der Waals surface area contributed by atoms with Gasteiger partial charge in [0, 0.05) is 17.2 Å². The van der Waals surface area contributed by atoms with Crippen molar-refractivity contribution in [1.29, 1.82) is 0 Å². The van der Waals surface area contributed by atoms with Gasteiger partial charge in [-0.15, -0.1) is 0 Å². The average molecular weight is 398 g/mol. The lowest BCUT2D eigenvalue weighted by molar-refractivity contribution is -0.145. The molecule has 29 heavy (non-hydrogen) atoms. The molecule has 0 unspecified atom stereocenters. The fourth-order valence-electron chi connectivity index (χ4n) is 2.94. The van der Waals surface area contributed by atoms with Crippen molar-refractivity contribution in [2.75, 3.05) is 27.4 Å². The zero-order valence-corrected chi connectivity index (χ0v) is 16.7. The molecule has 0 atom stereocenters. The van der Waals surface area contributed by atoms with Crippen LogP contribution in [-0.4, -0.2) is 39.2 Å². The molecule has 7 nitrogen and oxygen atoms in total. The number of esters is 1. The van der Waals surface area contributed by atoms with Crippen LogP contribution in [0.15, 0.2) is 36.1 Å². The van der Waals surface area contributed by atoms with Gasteiger partial charge in [-0.3, -0.25) is 4.79 Å². The first-order valence-electron chi connectivity index (χ1n) is 9.06. The number of ether oxygens (including phenoxy) is 5. The second-order valence-corrected chi connectivity index (χ2v) is 6.21. The van der Waals surface area contributed by atoms with Gasteiger partial charge in [-0.1, -0.05) is 0 Å². The summed E-state index contributed by atoms with van der Waals surface area (Å²) in [5.41, 5.74) is 1.75. The van der Waals surface area contributed by atoms with Crippen LogP contribution in [0.5, 0.6) is 23.0 Å². The Hall–Kier alpha value is -3.48. The molecule has 152 valence electrons. The minimum absolute atomic E-state index is 0.175. The van der Waals surface area contributed by atoms with Crippen LogP contribution in [0.4, 0.5) is 0 Å². The molecule has 1 heterocycles. The lowest BCUT2D eigenvalue weighted by Crippen LogP contribution is -2.15. The van der Waals surface area contributed by atoms with Crippen LogP contribution in [0, 0.1) is 6.92 Å². The molecule has 1 aliphatic rings. The summed E-state index contributed by atoms with van der Waals surface area (Å²) in [4.78, 5) is 24.3. The molecule has 0 N–H and O–H groups in total. The molecule has 0 radical (unpaired) electrons. The van der Waals surface area contributed by atoms with Gasteiger partial charge in [0.2, 0.25) is 5.78 Å². The van der Waals surface area contributed by atoms with E-state index in [2.05, 4.69) is 0 Å². The summed E-state index contributed by atoms with van der Waals surface area (Å²) in [6.45, 7) is 3.56. The number of carbonyl (C=O) groups excluding carboxylic acids is 2. The topological polar surface area (TPSA) is 80.3 Å². The monoisotopic (exact) mass is 398 g/mol. The molecule has 0 bridgehead atoms. The fraction of sp³-hybridized carbons (Fsp3) is 0.273. The molecular weight excluding hydrogens is 376 g/mol. The van der Waals surface area contributed by atoms with Gasteiger partial charge in [-0.25, -0.2) is 4.79 Å². The Morgan fingerprint density at radius 3 is 2.59 bits per heavy atom. The zero-order chi connectivity index (χ0) is 21.0. The number of hydrogen-bond donors (Lipinski definition) is 0. The number of fused-ring (bicyclic) bond motifs is 1. The molecule has 1 aliphatic heterocycles. The largest absolute Gasteiger partial charge is 0.497 e. The van der Waals surface area contributed by atoms with Gasteiger partial charge in [0.25, 0.3) is 0 Å². The van der Waals surface area contributed by atoms with Crippen molar-refractivity contribution >= 4 is 17.8 Å². The Bertz CT molecular complexity index is 975. The predicted octanol–water partition coefficient (Wildman–Crippen LogP) is 3.57. The maximum absolute atomic E-state index is 12.8. The van der Waals surface area contributed by atoms with Crippen molar-refractivity contribution in [3.8, 4) is 23.0 Å². The SMILES string of the molecule is CCOC(=O)COc1ccc2c(c1C)O/C(=C\c1ccc(OC)cc1OC)C2=O. The summed E-state index contributed by atoms with van der Waals surface area (Å²) < 4.78 is 26.8. The summed E-state index contributed by atoms with van der Waals surface area (Å²) in [6.07, 6.45) is 1.62. The van der Waals surface area contributed by atoms with Crippen LogP contribution in [0.3, 0.4) is 0 Å². The van der Waals surface area contributed by atoms with E-state index in [1.54, 1.807) is 64.5 Å². The van der Waals surface area contributed by atoms with Crippen molar-refractivity contribution in [1.82, 2.24) is 0 Å². The highest BCUT2D eigenvalue weighted by Crippen LogP contribution is 2.40. The van der Waals surface area contributed by atoms with Crippen molar-refractivity contribution in [2.24, 2.45) is 0 Å². The Kier molecular flexibility index (Phi) is 6.07. The van der Waals surface area contributed by atoms with E-state index in [0.29, 0.717) is 39.7 Å². The van der Waals surface area contributed by atoms with Gasteiger partial charge in [0.05, 0.1) is 26.4 Å². The van der Waals surface area contributed by atoms with E-state index in [-0.39, 0.29) is 24.8 Å². The minimum atomic E-state index is -0.462. The van der Waals surface area contributed by atoms with Crippen LogP contribution in [-0.2, 0) is 9.53 Å². The Morgan fingerprint density at radius 2 is 1.90 bits per heavy atom. The molecule has 0 saturated heterocycles. The lowest BCUT2D eigenvalue weighted by atomic mass is 10.1. The van der Waals surface area contributed by atoms with E-state index in [1.807, 2.05) is 0 Å². The quantitative estimate of drug-likeness (QED) is 0.521. The smallest absolute Gasteiger partial charge is 0.344 e. The van der Waals surface area contributed by atoms with Gasteiger partial charge in [-0.2, -0.15) is 0 Å². The normalized spacial score (nSPS) is 13.7. The number of methoxy groups -OCH3 is 2. The van der Waals surface area contributed by atoms with E-state index in [4.69, 9.17) is 23.7 Å². The van der Waals surface area contributed by atoms with E-state index in [0.717, 1.165) is 0 Å². The van der Waals surface area contributed by atoms with Crippen molar-refractivity contribution in [2.45, 2.75) is 13.8 Å². The molecule has 2 aromatic rings. The van der Waals surface area contributed by atoms with Crippen LogP contribution >= 0.6 is 0 Å². The van der Waals surface area contributed by atoms with E-state index < -0.39 is 5.97 Å². The van der Waals surface area contributed by atoms with Crippen LogP contribution in [0.2, 0.25) is 0 Å². The third kappa shape index (κ3) is 4.18. The van der Waals surface area contributed by atoms with Crippen molar-refractivity contribution in [3.05, 3.63) is 52.8 Å². The number of benzene rings is 2. The first kappa shape index (κ1) is 20.3. The first-order valence-corrected chi connectivity index (χ1v) is 9.06. The number of rotatable bonds is 7. The molecule has 3 rings (SSSR count). The van der Waals surface area contributed by atoms with E-state index >= 15 is 0 Å². The Labute approximate surface area is 168 Å². The number of carbonyl (C=O) groups is 2. The van der Waals surface area contributed by atoms with Crippen LogP contribution in [0.25, 0.3) is 6.08 Å². The van der Waals surface area contributed by atoms with Gasteiger partial charge in [-0.05, 0) is 44.2 Å².